The van der Waals surface area contributed by atoms with E-state index < -0.39 is 5.97 Å². The molecular weight excluding hydrogens is 376 g/mol. The second-order valence-electron chi connectivity index (χ2n) is 6.14. The smallest absolute Gasteiger partial charge is 0.365 e. The predicted octanol–water partition coefficient (Wildman–Crippen LogP) is 4.70. The lowest BCUT2D eigenvalue weighted by atomic mass is 10.1. The Morgan fingerprint density at radius 2 is 1.75 bits per heavy atom. The minimum absolute atomic E-state index is 0.127. The fourth-order valence-electron chi connectivity index (χ4n) is 2.48. The topological polar surface area (TPSA) is 73.9 Å². The van der Waals surface area contributed by atoms with E-state index in [9.17, 15) is 4.79 Å². The number of nitrogens with zero attached hydrogens (tertiary/aromatic N) is 1. The molecule has 0 bridgehead atoms. The third-order valence-electron chi connectivity index (χ3n) is 3.94. The Morgan fingerprint density at radius 3 is 2.54 bits per heavy atom. The number of nitrogens with two attached hydrogens (primary N) is 1. The second-order valence-corrected chi connectivity index (χ2v) is 6.55. The van der Waals surface area contributed by atoms with Crippen LogP contribution in [0.2, 0.25) is 5.02 Å². The summed E-state index contributed by atoms with van der Waals surface area (Å²) in [6.45, 7) is 2.22. The Kier molecular flexibility index (Phi) is 6.29. The third kappa shape index (κ3) is 5.11. The molecule has 0 aliphatic heterocycles. The van der Waals surface area contributed by atoms with Crippen molar-refractivity contribution in [2.45, 2.75) is 13.5 Å². The van der Waals surface area contributed by atoms with Gasteiger partial charge in [-0.1, -0.05) is 65.3 Å². The Bertz CT molecular complexity index is 1000. The van der Waals surface area contributed by atoms with Crippen LogP contribution < -0.4 is 10.5 Å². The number of hydrogen-bond donors (Lipinski definition) is 1. The van der Waals surface area contributed by atoms with Gasteiger partial charge in [-0.05, 0) is 42.3 Å². The lowest BCUT2D eigenvalue weighted by Gasteiger charge is -2.09. The van der Waals surface area contributed by atoms with Crippen molar-refractivity contribution in [3.63, 3.8) is 0 Å². The molecule has 0 aliphatic carbocycles. The lowest BCUT2D eigenvalue weighted by molar-refractivity contribution is 0.0516. The number of benzene rings is 3. The molecule has 3 aromatic carbocycles. The van der Waals surface area contributed by atoms with E-state index in [1.165, 1.54) is 0 Å². The first-order valence-electron chi connectivity index (χ1n) is 8.61. The second kappa shape index (κ2) is 9.06. The van der Waals surface area contributed by atoms with Gasteiger partial charge < -0.3 is 15.3 Å². The van der Waals surface area contributed by atoms with Crippen LogP contribution in [0.4, 0.5) is 0 Å². The van der Waals surface area contributed by atoms with Crippen molar-refractivity contribution in [3.8, 4) is 5.75 Å². The molecule has 0 atom stereocenters. The average molecular weight is 395 g/mol. The maximum absolute atomic E-state index is 12.3. The SMILES string of the molecule is Cc1ccc(Cl)c(OCc2cccc(C(=O)O/N=C(\N)c3ccccc3)c2)c1. The summed E-state index contributed by atoms with van der Waals surface area (Å²) < 4.78 is 5.76. The highest BCUT2D eigenvalue weighted by atomic mass is 35.5. The fraction of sp³-hybridized carbons (Fsp3) is 0.0909. The van der Waals surface area contributed by atoms with Crippen molar-refractivity contribution in [2.24, 2.45) is 10.9 Å². The van der Waals surface area contributed by atoms with Gasteiger partial charge in [-0.3, -0.25) is 0 Å². The number of rotatable bonds is 6. The van der Waals surface area contributed by atoms with Gasteiger partial charge in [0, 0.05) is 5.56 Å². The molecule has 0 radical (unpaired) electrons. The molecule has 0 unspecified atom stereocenters. The van der Waals surface area contributed by atoms with E-state index in [4.69, 9.17) is 26.9 Å². The zero-order valence-corrected chi connectivity index (χ0v) is 16.0. The quantitative estimate of drug-likeness (QED) is 0.284. The summed E-state index contributed by atoms with van der Waals surface area (Å²) in [5, 5.41) is 4.25. The molecule has 142 valence electrons. The summed E-state index contributed by atoms with van der Waals surface area (Å²) >= 11 is 6.14. The zero-order chi connectivity index (χ0) is 19.9. The first kappa shape index (κ1) is 19.5. The molecule has 2 N–H and O–H groups in total. The van der Waals surface area contributed by atoms with Crippen molar-refractivity contribution in [3.05, 3.63) is 100 Å². The van der Waals surface area contributed by atoms with Crippen LogP contribution >= 0.6 is 11.6 Å². The molecule has 28 heavy (non-hydrogen) atoms. The monoisotopic (exact) mass is 394 g/mol. The van der Waals surface area contributed by atoms with Crippen LogP contribution in [0.5, 0.6) is 5.75 Å². The number of amidine groups is 1. The molecule has 5 nitrogen and oxygen atoms in total. The lowest BCUT2D eigenvalue weighted by Crippen LogP contribution is -2.15. The number of aryl methyl sites for hydroxylation is 1. The van der Waals surface area contributed by atoms with Gasteiger partial charge in [-0.2, -0.15) is 0 Å². The zero-order valence-electron chi connectivity index (χ0n) is 15.3. The van der Waals surface area contributed by atoms with Crippen molar-refractivity contribution in [1.82, 2.24) is 0 Å². The molecule has 0 saturated heterocycles. The Morgan fingerprint density at radius 1 is 1.00 bits per heavy atom. The molecule has 0 saturated carbocycles. The number of ether oxygens (including phenoxy) is 1. The van der Waals surface area contributed by atoms with E-state index in [1.54, 1.807) is 36.4 Å². The normalized spacial score (nSPS) is 11.1. The van der Waals surface area contributed by atoms with Crippen molar-refractivity contribution < 1.29 is 14.4 Å². The first-order valence-corrected chi connectivity index (χ1v) is 8.99. The van der Waals surface area contributed by atoms with E-state index in [2.05, 4.69) is 5.16 Å². The van der Waals surface area contributed by atoms with Gasteiger partial charge in [0.2, 0.25) is 0 Å². The van der Waals surface area contributed by atoms with Gasteiger partial charge in [0.15, 0.2) is 5.84 Å². The van der Waals surface area contributed by atoms with Gasteiger partial charge in [0.1, 0.15) is 12.4 Å². The Balaban J connectivity index is 1.65. The molecule has 0 spiro atoms. The number of carbonyl (C=O) groups excluding carboxylic acids is 1. The molecule has 0 amide bonds. The van der Waals surface area contributed by atoms with Crippen LogP contribution in [0, 0.1) is 6.92 Å². The molecule has 6 heteroatoms. The van der Waals surface area contributed by atoms with E-state index >= 15 is 0 Å². The minimum atomic E-state index is -0.602. The van der Waals surface area contributed by atoms with Gasteiger partial charge >= 0.3 is 5.97 Å². The van der Waals surface area contributed by atoms with Crippen LogP contribution in [0.15, 0.2) is 78.0 Å². The van der Waals surface area contributed by atoms with Gasteiger partial charge in [-0.15, -0.1) is 0 Å². The van der Waals surface area contributed by atoms with Crippen LogP contribution in [-0.4, -0.2) is 11.8 Å². The molecule has 0 heterocycles. The molecule has 3 aromatic rings. The summed E-state index contributed by atoms with van der Waals surface area (Å²) in [7, 11) is 0. The summed E-state index contributed by atoms with van der Waals surface area (Å²) in [6, 6.07) is 21.5. The van der Waals surface area contributed by atoms with E-state index in [0.717, 1.165) is 11.1 Å². The molecule has 0 aromatic heterocycles. The first-order chi connectivity index (χ1) is 13.5. The fourth-order valence-corrected chi connectivity index (χ4v) is 2.65. The van der Waals surface area contributed by atoms with Gasteiger partial charge in [-0.25, -0.2) is 4.79 Å². The Labute approximate surface area is 168 Å². The maximum atomic E-state index is 12.3. The number of halogens is 1. The highest BCUT2D eigenvalue weighted by Gasteiger charge is 2.10. The Hall–Kier alpha value is -3.31. The van der Waals surface area contributed by atoms with Crippen LogP contribution in [0.3, 0.4) is 0 Å². The molecular formula is C22H19ClN2O3. The average Bonchev–Trinajstić information content (AvgIpc) is 2.73. The van der Waals surface area contributed by atoms with Crippen LogP contribution in [0.1, 0.15) is 27.0 Å². The predicted molar refractivity (Wildman–Crippen MR) is 110 cm³/mol. The van der Waals surface area contributed by atoms with Crippen molar-refractivity contribution in [1.29, 1.82) is 0 Å². The summed E-state index contributed by atoms with van der Waals surface area (Å²) in [5.41, 5.74) is 8.70. The molecule has 0 aliphatic rings. The largest absolute Gasteiger partial charge is 0.487 e. The molecule has 3 rings (SSSR count). The maximum Gasteiger partial charge on any atom is 0.365 e. The van der Waals surface area contributed by atoms with Crippen molar-refractivity contribution in [2.75, 3.05) is 0 Å². The van der Waals surface area contributed by atoms with Crippen molar-refractivity contribution >= 4 is 23.4 Å². The highest BCUT2D eigenvalue weighted by Crippen LogP contribution is 2.26. The number of hydrogen-bond acceptors (Lipinski definition) is 4. The molecule has 0 fully saturated rings. The van der Waals surface area contributed by atoms with Gasteiger partial charge in [0.25, 0.3) is 0 Å². The van der Waals surface area contributed by atoms with E-state index in [0.29, 0.717) is 21.9 Å². The standard InChI is InChI=1S/C22H19ClN2O3/c1-15-10-11-19(23)20(12-15)27-14-16-6-5-9-18(13-16)22(26)28-25-21(24)17-7-3-2-4-8-17/h2-13H,14H2,1H3,(H2,24,25). The van der Waals surface area contributed by atoms with Crippen LogP contribution in [0.25, 0.3) is 0 Å². The highest BCUT2D eigenvalue weighted by molar-refractivity contribution is 6.32. The van der Waals surface area contributed by atoms with E-state index in [1.807, 2.05) is 43.3 Å². The van der Waals surface area contributed by atoms with E-state index in [-0.39, 0.29) is 12.4 Å². The summed E-state index contributed by atoms with van der Waals surface area (Å²) in [5.74, 6) is 0.117. The number of oxime groups is 1. The van der Waals surface area contributed by atoms with Gasteiger partial charge in [0.05, 0.1) is 10.6 Å². The summed E-state index contributed by atoms with van der Waals surface area (Å²) in [4.78, 5) is 17.2. The summed E-state index contributed by atoms with van der Waals surface area (Å²) in [6.07, 6.45) is 0. The number of carbonyl (C=O) groups is 1. The third-order valence-corrected chi connectivity index (χ3v) is 4.25. The van der Waals surface area contributed by atoms with Crippen LogP contribution in [-0.2, 0) is 11.4 Å². The minimum Gasteiger partial charge on any atom is -0.487 e.